The lowest BCUT2D eigenvalue weighted by molar-refractivity contribution is -0.119. The maximum atomic E-state index is 12.2. The highest BCUT2D eigenvalue weighted by Gasteiger charge is 2.22. The number of pyridine rings is 1. The van der Waals surface area contributed by atoms with E-state index < -0.39 is 10.0 Å². The van der Waals surface area contributed by atoms with Gasteiger partial charge in [-0.25, -0.2) is 8.42 Å². The van der Waals surface area contributed by atoms with Crippen LogP contribution in [0, 0.1) is 0 Å². The van der Waals surface area contributed by atoms with E-state index in [0.29, 0.717) is 18.7 Å². The first-order chi connectivity index (χ1) is 11.4. The molecular formula is C17H21N3O3S. The second kappa shape index (κ2) is 7.92. The zero-order chi connectivity index (χ0) is 17.6. The third-order valence-corrected chi connectivity index (χ3v) is 4.69. The predicted octanol–water partition coefficient (Wildman–Crippen LogP) is 1.73. The second-order valence-corrected chi connectivity index (χ2v) is 7.29. The van der Waals surface area contributed by atoms with Crippen LogP contribution in [0.25, 0.3) is 0 Å². The Hall–Kier alpha value is -2.41. The molecule has 0 unspecified atom stereocenters. The number of hydrogen-bond acceptors (Lipinski definition) is 4. The molecular weight excluding hydrogens is 326 g/mol. The van der Waals surface area contributed by atoms with Crippen molar-refractivity contribution < 1.29 is 13.2 Å². The van der Waals surface area contributed by atoms with Crippen molar-refractivity contribution in [1.29, 1.82) is 0 Å². The molecule has 1 aromatic heterocycles. The summed E-state index contributed by atoms with van der Waals surface area (Å²) in [6, 6.07) is 10.8. The molecule has 0 radical (unpaired) electrons. The van der Waals surface area contributed by atoms with E-state index >= 15 is 0 Å². The number of carbonyl (C=O) groups is 1. The lowest BCUT2D eigenvalue weighted by Crippen LogP contribution is -2.40. The fourth-order valence-electron chi connectivity index (χ4n) is 2.32. The first kappa shape index (κ1) is 17.9. The Kier molecular flexibility index (Phi) is 5.92. The molecule has 0 aliphatic heterocycles. The number of aromatic nitrogens is 1. The van der Waals surface area contributed by atoms with E-state index in [4.69, 9.17) is 0 Å². The Balaban J connectivity index is 2.13. The standard InChI is InChI=1S/C17H21N3O3S/c1-3-15-6-4-5-7-16(15)20(24(2,22)23)13-17(21)19-12-14-8-10-18-11-9-14/h4-11H,3,12-13H2,1-2H3,(H,19,21). The number of rotatable bonds is 7. The lowest BCUT2D eigenvalue weighted by atomic mass is 10.1. The number of para-hydroxylation sites is 1. The highest BCUT2D eigenvalue weighted by Crippen LogP contribution is 2.23. The molecule has 24 heavy (non-hydrogen) atoms. The molecule has 1 aromatic carbocycles. The minimum Gasteiger partial charge on any atom is -0.350 e. The summed E-state index contributed by atoms with van der Waals surface area (Å²) < 4.78 is 25.4. The summed E-state index contributed by atoms with van der Waals surface area (Å²) in [6.45, 7) is 2.03. The molecule has 0 spiro atoms. The molecule has 6 nitrogen and oxygen atoms in total. The van der Waals surface area contributed by atoms with Gasteiger partial charge in [-0.3, -0.25) is 14.1 Å². The van der Waals surface area contributed by atoms with Crippen LogP contribution in [0.4, 0.5) is 5.69 Å². The van der Waals surface area contributed by atoms with E-state index in [1.165, 1.54) is 0 Å². The van der Waals surface area contributed by atoms with Crippen molar-refractivity contribution in [2.24, 2.45) is 0 Å². The largest absolute Gasteiger partial charge is 0.350 e. The first-order valence-corrected chi connectivity index (χ1v) is 9.48. The van der Waals surface area contributed by atoms with E-state index in [9.17, 15) is 13.2 Å². The minimum atomic E-state index is -3.57. The third kappa shape index (κ3) is 4.79. The molecule has 0 aliphatic carbocycles. The van der Waals surface area contributed by atoms with Crippen molar-refractivity contribution in [2.45, 2.75) is 19.9 Å². The molecule has 0 saturated heterocycles. The van der Waals surface area contributed by atoms with Gasteiger partial charge in [0.25, 0.3) is 0 Å². The van der Waals surface area contributed by atoms with Crippen molar-refractivity contribution in [1.82, 2.24) is 10.3 Å². The van der Waals surface area contributed by atoms with Crippen LogP contribution in [-0.4, -0.2) is 32.1 Å². The fraction of sp³-hybridized carbons (Fsp3) is 0.294. The quantitative estimate of drug-likeness (QED) is 0.827. The van der Waals surface area contributed by atoms with Gasteiger partial charge in [-0.05, 0) is 35.7 Å². The molecule has 0 atom stereocenters. The number of hydrogen-bond donors (Lipinski definition) is 1. The van der Waals surface area contributed by atoms with Gasteiger partial charge in [-0.1, -0.05) is 25.1 Å². The maximum absolute atomic E-state index is 12.2. The Morgan fingerprint density at radius 1 is 1.17 bits per heavy atom. The van der Waals surface area contributed by atoms with Crippen LogP contribution in [0.3, 0.4) is 0 Å². The Morgan fingerprint density at radius 2 is 1.83 bits per heavy atom. The average Bonchev–Trinajstić information content (AvgIpc) is 2.58. The lowest BCUT2D eigenvalue weighted by Gasteiger charge is -2.24. The molecule has 2 aromatic rings. The van der Waals surface area contributed by atoms with Gasteiger partial charge in [0.1, 0.15) is 6.54 Å². The van der Waals surface area contributed by atoms with Gasteiger partial charge in [0.05, 0.1) is 11.9 Å². The van der Waals surface area contributed by atoms with Crippen LogP contribution in [0.1, 0.15) is 18.1 Å². The molecule has 2 rings (SSSR count). The third-order valence-electron chi connectivity index (χ3n) is 3.57. The van der Waals surface area contributed by atoms with Crippen molar-refractivity contribution in [2.75, 3.05) is 17.1 Å². The monoisotopic (exact) mass is 347 g/mol. The van der Waals surface area contributed by atoms with E-state index in [0.717, 1.165) is 21.7 Å². The summed E-state index contributed by atoms with van der Waals surface area (Å²) in [6.07, 6.45) is 5.07. The molecule has 1 N–H and O–H groups in total. The first-order valence-electron chi connectivity index (χ1n) is 7.63. The van der Waals surface area contributed by atoms with Crippen molar-refractivity contribution >= 4 is 21.6 Å². The van der Waals surface area contributed by atoms with Gasteiger partial charge >= 0.3 is 0 Å². The Bertz CT molecular complexity index is 792. The number of nitrogens with one attached hydrogen (secondary N) is 1. The van der Waals surface area contributed by atoms with Crippen LogP contribution in [0.5, 0.6) is 0 Å². The summed E-state index contributed by atoms with van der Waals surface area (Å²) in [7, 11) is -3.57. The second-order valence-electron chi connectivity index (χ2n) is 5.38. The molecule has 1 heterocycles. The van der Waals surface area contributed by atoms with E-state index in [1.54, 1.807) is 36.7 Å². The predicted molar refractivity (Wildman–Crippen MR) is 94.1 cm³/mol. The number of anilines is 1. The van der Waals surface area contributed by atoms with Gasteiger partial charge in [0.2, 0.25) is 15.9 Å². The van der Waals surface area contributed by atoms with E-state index in [1.807, 2.05) is 19.1 Å². The van der Waals surface area contributed by atoms with Crippen molar-refractivity contribution in [3.63, 3.8) is 0 Å². The van der Waals surface area contributed by atoms with Crippen molar-refractivity contribution in [3.05, 3.63) is 59.9 Å². The molecule has 0 aliphatic rings. The maximum Gasteiger partial charge on any atom is 0.241 e. The number of sulfonamides is 1. The summed E-state index contributed by atoms with van der Waals surface area (Å²) >= 11 is 0. The van der Waals surface area contributed by atoms with Crippen LogP contribution in [0.15, 0.2) is 48.8 Å². The zero-order valence-corrected chi connectivity index (χ0v) is 14.6. The Labute approximate surface area is 142 Å². The molecule has 1 amide bonds. The van der Waals surface area contributed by atoms with Gasteiger partial charge in [0, 0.05) is 18.9 Å². The highest BCUT2D eigenvalue weighted by molar-refractivity contribution is 7.92. The average molecular weight is 347 g/mol. The number of carbonyl (C=O) groups excluding carboxylic acids is 1. The van der Waals surface area contributed by atoms with Crippen LogP contribution < -0.4 is 9.62 Å². The van der Waals surface area contributed by atoms with Gasteiger partial charge in [-0.2, -0.15) is 0 Å². The van der Waals surface area contributed by atoms with Crippen molar-refractivity contribution in [3.8, 4) is 0 Å². The summed E-state index contributed by atoms with van der Waals surface area (Å²) in [5.41, 5.74) is 2.32. The highest BCUT2D eigenvalue weighted by atomic mass is 32.2. The Morgan fingerprint density at radius 3 is 2.46 bits per heavy atom. The molecule has 0 bridgehead atoms. The van der Waals surface area contributed by atoms with E-state index in [2.05, 4.69) is 10.3 Å². The van der Waals surface area contributed by atoms with Crippen LogP contribution in [-0.2, 0) is 27.8 Å². The normalized spacial score (nSPS) is 11.1. The molecule has 0 fully saturated rings. The van der Waals surface area contributed by atoms with Gasteiger partial charge in [0.15, 0.2) is 0 Å². The fourth-order valence-corrected chi connectivity index (χ4v) is 3.21. The molecule has 128 valence electrons. The van der Waals surface area contributed by atoms with E-state index in [-0.39, 0.29) is 12.5 Å². The van der Waals surface area contributed by atoms with Gasteiger partial charge in [-0.15, -0.1) is 0 Å². The summed E-state index contributed by atoms with van der Waals surface area (Å²) in [4.78, 5) is 16.1. The number of nitrogens with zero attached hydrogens (tertiary/aromatic N) is 2. The number of aryl methyl sites for hydroxylation is 1. The SMILES string of the molecule is CCc1ccccc1N(CC(=O)NCc1ccncc1)S(C)(=O)=O. The van der Waals surface area contributed by atoms with Crippen LogP contribution >= 0.6 is 0 Å². The topological polar surface area (TPSA) is 79.4 Å². The molecule has 0 saturated carbocycles. The zero-order valence-electron chi connectivity index (χ0n) is 13.8. The summed E-state index contributed by atoms with van der Waals surface area (Å²) in [5, 5.41) is 2.74. The van der Waals surface area contributed by atoms with Gasteiger partial charge < -0.3 is 5.32 Å². The number of benzene rings is 1. The smallest absolute Gasteiger partial charge is 0.241 e. The minimum absolute atomic E-state index is 0.249. The van der Waals surface area contributed by atoms with Crippen LogP contribution in [0.2, 0.25) is 0 Å². The summed E-state index contributed by atoms with van der Waals surface area (Å²) in [5.74, 6) is -0.358. The molecule has 7 heteroatoms. The number of amides is 1.